The topological polar surface area (TPSA) is 90.5 Å². The van der Waals surface area contributed by atoms with Crippen LogP contribution in [-0.2, 0) is 28.4 Å². The molecule has 0 bridgehead atoms. The second kappa shape index (κ2) is 6.59. The van der Waals surface area contributed by atoms with Crippen LogP contribution in [0.1, 0.15) is 34.6 Å². The van der Waals surface area contributed by atoms with Crippen molar-refractivity contribution < 1.29 is 22.4 Å². The molecule has 2 aromatic rings. The Bertz CT molecular complexity index is 817. The fourth-order valence-electron chi connectivity index (χ4n) is 2.17. The Balaban J connectivity index is 2.25. The lowest BCUT2D eigenvalue weighted by Crippen LogP contribution is -2.23. The van der Waals surface area contributed by atoms with E-state index in [0.29, 0.717) is 17.2 Å². The summed E-state index contributed by atoms with van der Waals surface area (Å²) in [5.41, 5.74) is 0.648. The van der Waals surface area contributed by atoms with Gasteiger partial charge in [-0.05, 0) is 39.0 Å². The summed E-state index contributed by atoms with van der Waals surface area (Å²) in [5, 5.41) is 0. The molecule has 8 heteroatoms. The highest BCUT2D eigenvalue weighted by atomic mass is 32.2. The molecular formula is C15H20N2O5S. The maximum atomic E-state index is 12.5. The number of nitrogens with one attached hydrogen (secondary N) is 1. The zero-order chi connectivity index (χ0) is 17.2. The molecule has 0 spiro atoms. The van der Waals surface area contributed by atoms with Crippen molar-refractivity contribution in [2.24, 2.45) is 7.05 Å². The zero-order valence-electron chi connectivity index (χ0n) is 13.5. The van der Waals surface area contributed by atoms with Crippen molar-refractivity contribution in [3.63, 3.8) is 0 Å². The smallest absolute Gasteiger partial charge is 0.354 e. The van der Waals surface area contributed by atoms with Crippen molar-refractivity contribution in [1.29, 1.82) is 0 Å². The minimum absolute atomic E-state index is 0.0409. The minimum Gasteiger partial charge on any atom is -0.465 e. The summed E-state index contributed by atoms with van der Waals surface area (Å²) in [6, 6.07) is 4.79. The monoisotopic (exact) mass is 340 g/mol. The van der Waals surface area contributed by atoms with Crippen LogP contribution < -0.4 is 4.72 Å². The van der Waals surface area contributed by atoms with Crippen LogP contribution in [0.3, 0.4) is 0 Å². The first-order chi connectivity index (χ1) is 10.8. The SMILES string of the molecule is CCOC(=O)c1cc(S(=O)(=O)NCc2ccc(C)o2)c(C)n1C. The largest absolute Gasteiger partial charge is 0.465 e. The van der Waals surface area contributed by atoms with Gasteiger partial charge in [0.05, 0.1) is 13.2 Å². The van der Waals surface area contributed by atoms with E-state index in [2.05, 4.69) is 4.72 Å². The van der Waals surface area contributed by atoms with Crippen molar-refractivity contribution in [2.75, 3.05) is 6.61 Å². The molecule has 0 saturated carbocycles. The number of esters is 1. The van der Waals surface area contributed by atoms with E-state index in [1.54, 1.807) is 40.0 Å². The van der Waals surface area contributed by atoms with Crippen molar-refractivity contribution in [1.82, 2.24) is 9.29 Å². The van der Waals surface area contributed by atoms with Gasteiger partial charge in [-0.3, -0.25) is 0 Å². The molecule has 0 saturated heterocycles. The third-order valence-corrected chi connectivity index (χ3v) is 5.01. The Morgan fingerprint density at radius 1 is 1.35 bits per heavy atom. The predicted octanol–water partition coefficient (Wildman–Crippen LogP) is 1.89. The van der Waals surface area contributed by atoms with Crippen molar-refractivity contribution in [3.05, 3.63) is 41.1 Å². The van der Waals surface area contributed by atoms with E-state index < -0.39 is 16.0 Å². The number of hydrogen-bond donors (Lipinski definition) is 1. The van der Waals surface area contributed by atoms with E-state index in [4.69, 9.17) is 9.15 Å². The molecule has 0 aliphatic heterocycles. The number of aryl methyl sites for hydroxylation is 1. The van der Waals surface area contributed by atoms with Gasteiger partial charge in [0.1, 0.15) is 22.1 Å². The molecule has 0 atom stereocenters. The molecule has 126 valence electrons. The standard InChI is InChI=1S/C15H20N2O5S/c1-5-21-15(18)13-8-14(11(3)17(13)4)23(19,20)16-9-12-7-6-10(2)22-12/h6-8,16H,5,9H2,1-4H3. The normalized spacial score (nSPS) is 11.7. The van der Waals surface area contributed by atoms with Crippen LogP contribution in [0.4, 0.5) is 0 Å². The van der Waals surface area contributed by atoms with Gasteiger partial charge in [-0.2, -0.15) is 0 Å². The minimum atomic E-state index is -3.77. The average molecular weight is 340 g/mol. The van der Waals surface area contributed by atoms with Crippen LogP contribution in [0.15, 0.2) is 27.5 Å². The van der Waals surface area contributed by atoms with E-state index >= 15 is 0 Å². The van der Waals surface area contributed by atoms with Gasteiger partial charge >= 0.3 is 5.97 Å². The molecule has 0 radical (unpaired) electrons. The van der Waals surface area contributed by atoms with E-state index in [-0.39, 0.29) is 23.7 Å². The van der Waals surface area contributed by atoms with Gasteiger partial charge in [0.15, 0.2) is 0 Å². The van der Waals surface area contributed by atoms with E-state index in [0.717, 1.165) is 0 Å². The predicted molar refractivity (Wildman–Crippen MR) is 83.6 cm³/mol. The zero-order valence-corrected chi connectivity index (χ0v) is 14.4. The van der Waals surface area contributed by atoms with Gasteiger partial charge < -0.3 is 13.7 Å². The highest BCUT2D eigenvalue weighted by Gasteiger charge is 2.25. The first-order valence-corrected chi connectivity index (χ1v) is 8.63. The molecule has 2 aromatic heterocycles. The van der Waals surface area contributed by atoms with Gasteiger partial charge in [-0.1, -0.05) is 0 Å². The van der Waals surface area contributed by atoms with Gasteiger partial charge in [0, 0.05) is 12.7 Å². The summed E-state index contributed by atoms with van der Waals surface area (Å²) in [5.74, 6) is 0.672. The Morgan fingerprint density at radius 3 is 2.61 bits per heavy atom. The van der Waals surface area contributed by atoms with Crippen molar-refractivity contribution in [2.45, 2.75) is 32.2 Å². The number of aromatic nitrogens is 1. The number of nitrogens with zero attached hydrogens (tertiary/aromatic N) is 1. The molecule has 2 heterocycles. The average Bonchev–Trinajstić information content (AvgIpc) is 3.03. The lowest BCUT2D eigenvalue weighted by Gasteiger charge is -2.06. The quantitative estimate of drug-likeness (QED) is 0.811. The first-order valence-electron chi connectivity index (χ1n) is 7.14. The maximum Gasteiger partial charge on any atom is 0.354 e. The Kier molecular flexibility index (Phi) is 4.96. The molecule has 0 aliphatic carbocycles. The van der Waals surface area contributed by atoms with Crippen LogP contribution >= 0.6 is 0 Å². The number of sulfonamides is 1. The Morgan fingerprint density at radius 2 is 2.04 bits per heavy atom. The highest BCUT2D eigenvalue weighted by Crippen LogP contribution is 2.20. The summed E-state index contributed by atoms with van der Waals surface area (Å²) >= 11 is 0. The molecule has 23 heavy (non-hydrogen) atoms. The Labute approximate surface area is 135 Å². The van der Waals surface area contributed by atoms with Gasteiger partial charge in [-0.15, -0.1) is 0 Å². The highest BCUT2D eigenvalue weighted by molar-refractivity contribution is 7.89. The summed E-state index contributed by atoms with van der Waals surface area (Å²) in [4.78, 5) is 11.9. The maximum absolute atomic E-state index is 12.5. The fourth-order valence-corrected chi connectivity index (χ4v) is 3.45. The number of rotatable bonds is 6. The van der Waals surface area contributed by atoms with Gasteiger partial charge in [0.25, 0.3) is 0 Å². The number of hydrogen-bond acceptors (Lipinski definition) is 5. The lowest BCUT2D eigenvalue weighted by atomic mass is 10.4. The van der Waals surface area contributed by atoms with Crippen LogP contribution in [0.5, 0.6) is 0 Å². The van der Waals surface area contributed by atoms with Crippen LogP contribution in [0, 0.1) is 13.8 Å². The van der Waals surface area contributed by atoms with Gasteiger partial charge in [-0.25, -0.2) is 17.9 Å². The molecule has 0 fully saturated rings. The van der Waals surface area contributed by atoms with Crippen molar-refractivity contribution in [3.8, 4) is 0 Å². The molecule has 0 unspecified atom stereocenters. The van der Waals surface area contributed by atoms with Crippen LogP contribution in [0.25, 0.3) is 0 Å². The number of furan rings is 1. The van der Waals surface area contributed by atoms with Crippen LogP contribution in [0.2, 0.25) is 0 Å². The van der Waals surface area contributed by atoms with E-state index in [1.807, 2.05) is 0 Å². The molecule has 2 rings (SSSR count). The fraction of sp³-hybridized carbons (Fsp3) is 0.400. The second-order valence-corrected chi connectivity index (χ2v) is 6.83. The molecule has 0 aromatic carbocycles. The van der Waals surface area contributed by atoms with E-state index in [1.165, 1.54) is 10.6 Å². The molecular weight excluding hydrogens is 320 g/mol. The Hall–Kier alpha value is -2.06. The summed E-state index contributed by atoms with van der Waals surface area (Å²) in [7, 11) is -2.15. The molecule has 1 N–H and O–H groups in total. The number of carbonyl (C=O) groups is 1. The number of ether oxygens (including phenoxy) is 1. The third kappa shape index (κ3) is 3.65. The first kappa shape index (κ1) is 17.3. The summed E-state index contributed by atoms with van der Waals surface area (Å²) in [6.45, 7) is 5.37. The van der Waals surface area contributed by atoms with Crippen LogP contribution in [-0.4, -0.2) is 25.6 Å². The summed E-state index contributed by atoms with van der Waals surface area (Å²) < 4.78 is 39.2. The molecule has 0 amide bonds. The second-order valence-electron chi connectivity index (χ2n) is 5.10. The molecule has 7 nitrogen and oxygen atoms in total. The lowest BCUT2D eigenvalue weighted by molar-refractivity contribution is 0.0515. The van der Waals surface area contributed by atoms with Gasteiger partial charge in [0.2, 0.25) is 10.0 Å². The molecule has 0 aliphatic rings. The van der Waals surface area contributed by atoms with Crippen molar-refractivity contribution >= 4 is 16.0 Å². The summed E-state index contributed by atoms with van der Waals surface area (Å²) in [6.07, 6.45) is 0. The number of carbonyl (C=O) groups excluding carboxylic acids is 1. The van der Waals surface area contributed by atoms with E-state index in [9.17, 15) is 13.2 Å². The third-order valence-electron chi connectivity index (χ3n) is 3.50.